The molecule has 5 rings (SSSR count). The number of benzene rings is 2. The van der Waals surface area contributed by atoms with Crippen LogP contribution in [0, 0.1) is 26.7 Å². The number of thioether (sulfide) groups is 1. The van der Waals surface area contributed by atoms with E-state index in [0.717, 1.165) is 52.0 Å². The van der Waals surface area contributed by atoms with E-state index in [2.05, 4.69) is 12.2 Å². The summed E-state index contributed by atoms with van der Waals surface area (Å²) in [5.41, 5.74) is 5.64. The third-order valence-electron chi connectivity index (χ3n) is 7.37. The zero-order chi connectivity index (χ0) is 28.6. The number of rotatable bonds is 7. The highest BCUT2D eigenvalue weighted by molar-refractivity contribution is 7.99. The Hall–Kier alpha value is -3.43. The van der Waals surface area contributed by atoms with Crippen LogP contribution in [0.2, 0.25) is 0 Å². The third-order valence-corrected chi connectivity index (χ3v) is 9.44. The highest BCUT2D eigenvalue weighted by Crippen LogP contribution is 2.37. The first kappa shape index (κ1) is 28.1. The summed E-state index contributed by atoms with van der Waals surface area (Å²) in [6.07, 6.45) is 2.92. The first-order chi connectivity index (χ1) is 19.1. The SMILES string of the molecule is Cc1ccc(NC(=O)CN(C)C(=O)CSc2nc3sc4c(c3c(=O)n2-c2cc(C)ccc2C)CCC(C)C4)cc1. The fourth-order valence-corrected chi connectivity index (χ4v) is 7.39. The standard InChI is InChI=1S/C31H34N4O3S2/c1-18-7-11-22(12-8-18)32-26(36)16-34(5)27(37)17-39-31-33-29-28(23-13-9-20(3)15-25(23)40-29)30(38)35(31)24-14-19(2)6-10-21(24)4/h6-8,10-12,14,20H,9,13,15-17H2,1-5H3,(H,32,36). The summed E-state index contributed by atoms with van der Waals surface area (Å²) in [6, 6.07) is 13.5. The van der Waals surface area contributed by atoms with Crippen LogP contribution in [-0.2, 0) is 22.4 Å². The minimum absolute atomic E-state index is 0.0548. The van der Waals surface area contributed by atoms with Crippen molar-refractivity contribution in [3.63, 3.8) is 0 Å². The maximum Gasteiger partial charge on any atom is 0.267 e. The lowest BCUT2D eigenvalue weighted by Gasteiger charge is -2.19. The van der Waals surface area contributed by atoms with Gasteiger partial charge in [-0.2, -0.15) is 0 Å². The monoisotopic (exact) mass is 574 g/mol. The predicted molar refractivity (Wildman–Crippen MR) is 164 cm³/mol. The van der Waals surface area contributed by atoms with E-state index in [1.54, 1.807) is 23.0 Å². The van der Waals surface area contributed by atoms with Gasteiger partial charge < -0.3 is 10.2 Å². The largest absolute Gasteiger partial charge is 0.336 e. The van der Waals surface area contributed by atoms with Crippen LogP contribution in [0.4, 0.5) is 5.69 Å². The molecule has 2 amide bonds. The zero-order valence-electron chi connectivity index (χ0n) is 23.5. The van der Waals surface area contributed by atoms with Crippen molar-refractivity contribution in [1.82, 2.24) is 14.5 Å². The second-order valence-electron chi connectivity index (χ2n) is 10.8. The van der Waals surface area contributed by atoms with Crippen molar-refractivity contribution in [3.05, 3.63) is 79.9 Å². The van der Waals surface area contributed by atoms with Gasteiger partial charge in [0.25, 0.3) is 5.56 Å². The molecule has 4 aromatic rings. The third kappa shape index (κ3) is 5.86. The van der Waals surface area contributed by atoms with Gasteiger partial charge in [0.2, 0.25) is 11.8 Å². The van der Waals surface area contributed by atoms with Crippen LogP contribution in [0.25, 0.3) is 15.9 Å². The number of hydrogen-bond acceptors (Lipinski definition) is 6. The van der Waals surface area contributed by atoms with E-state index in [9.17, 15) is 14.4 Å². The average molecular weight is 575 g/mol. The van der Waals surface area contributed by atoms with Gasteiger partial charge in [-0.1, -0.05) is 48.5 Å². The van der Waals surface area contributed by atoms with Gasteiger partial charge in [-0.05, 0) is 80.8 Å². The topological polar surface area (TPSA) is 84.3 Å². The van der Waals surface area contributed by atoms with E-state index in [1.165, 1.54) is 21.5 Å². The predicted octanol–water partition coefficient (Wildman–Crippen LogP) is 5.69. The second-order valence-corrected chi connectivity index (χ2v) is 12.8. The van der Waals surface area contributed by atoms with Crippen LogP contribution in [-0.4, -0.2) is 45.6 Å². The number of carbonyl (C=O) groups is 2. The fourth-order valence-electron chi connectivity index (χ4n) is 5.02. The van der Waals surface area contributed by atoms with Gasteiger partial charge in [0, 0.05) is 17.6 Å². The second kappa shape index (κ2) is 11.6. The molecule has 208 valence electrons. The molecule has 1 aliphatic carbocycles. The number of nitrogens with zero attached hydrogens (tertiary/aromatic N) is 3. The van der Waals surface area contributed by atoms with E-state index in [0.29, 0.717) is 22.1 Å². The minimum atomic E-state index is -0.269. The first-order valence-corrected chi connectivity index (χ1v) is 15.3. The molecule has 7 nitrogen and oxygen atoms in total. The van der Waals surface area contributed by atoms with Gasteiger partial charge in [-0.25, -0.2) is 4.98 Å². The van der Waals surface area contributed by atoms with Crippen molar-refractivity contribution in [2.75, 3.05) is 24.7 Å². The Bertz CT molecular complexity index is 1660. The Morgan fingerprint density at radius 2 is 1.85 bits per heavy atom. The minimum Gasteiger partial charge on any atom is -0.336 e. The average Bonchev–Trinajstić information content (AvgIpc) is 3.27. The lowest BCUT2D eigenvalue weighted by atomic mass is 9.89. The Kier molecular flexibility index (Phi) is 8.14. The Balaban J connectivity index is 1.42. The molecule has 1 N–H and O–H groups in total. The Morgan fingerprint density at radius 3 is 2.60 bits per heavy atom. The molecule has 2 aromatic heterocycles. The summed E-state index contributed by atoms with van der Waals surface area (Å²) in [5, 5.41) is 4.03. The molecule has 1 atom stereocenters. The van der Waals surface area contributed by atoms with E-state index < -0.39 is 0 Å². The van der Waals surface area contributed by atoms with E-state index in [1.807, 2.05) is 63.2 Å². The molecule has 2 aromatic carbocycles. The van der Waals surface area contributed by atoms with Gasteiger partial charge >= 0.3 is 0 Å². The number of likely N-dealkylation sites (N-methyl/N-ethyl adjacent to an activating group) is 1. The van der Waals surface area contributed by atoms with Gasteiger partial charge in [-0.3, -0.25) is 19.0 Å². The maximum atomic E-state index is 14.1. The van der Waals surface area contributed by atoms with Crippen molar-refractivity contribution in [2.45, 2.75) is 52.1 Å². The summed E-state index contributed by atoms with van der Waals surface area (Å²) >= 11 is 2.84. The highest BCUT2D eigenvalue weighted by atomic mass is 32.2. The smallest absolute Gasteiger partial charge is 0.267 e. The molecular weight excluding hydrogens is 541 g/mol. The van der Waals surface area contributed by atoms with Gasteiger partial charge in [0.15, 0.2) is 5.16 Å². The van der Waals surface area contributed by atoms with E-state index in [4.69, 9.17) is 4.98 Å². The molecule has 40 heavy (non-hydrogen) atoms. The number of hydrogen-bond donors (Lipinski definition) is 1. The van der Waals surface area contributed by atoms with Crippen molar-refractivity contribution in [1.29, 1.82) is 0 Å². The molecule has 1 unspecified atom stereocenters. The number of amides is 2. The van der Waals surface area contributed by atoms with Crippen LogP contribution >= 0.6 is 23.1 Å². The number of aryl methyl sites for hydroxylation is 4. The normalized spacial score (nSPS) is 14.7. The zero-order valence-corrected chi connectivity index (χ0v) is 25.2. The summed E-state index contributed by atoms with van der Waals surface area (Å²) in [6.45, 7) is 8.14. The molecule has 0 radical (unpaired) electrons. The Morgan fingerprint density at radius 1 is 1.12 bits per heavy atom. The van der Waals surface area contributed by atoms with Crippen molar-refractivity contribution >= 4 is 50.8 Å². The van der Waals surface area contributed by atoms with E-state index in [-0.39, 0.29) is 29.7 Å². The number of aromatic nitrogens is 2. The van der Waals surface area contributed by atoms with Gasteiger partial charge in [0.1, 0.15) is 4.83 Å². The molecule has 2 heterocycles. The van der Waals surface area contributed by atoms with Gasteiger partial charge in [0.05, 0.1) is 23.4 Å². The van der Waals surface area contributed by atoms with Crippen molar-refractivity contribution in [2.24, 2.45) is 5.92 Å². The number of nitrogens with one attached hydrogen (secondary N) is 1. The van der Waals surface area contributed by atoms with Crippen LogP contribution < -0.4 is 10.9 Å². The number of fused-ring (bicyclic) bond motifs is 3. The molecule has 9 heteroatoms. The maximum absolute atomic E-state index is 14.1. The van der Waals surface area contributed by atoms with Crippen molar-refractivity contribution < 1.29 is 9.59 Å². The molecule has 0 saturated carbocycles. The van der Waals surface area contributed by atoms with Crippen LogP contribution in [0.5, 0.6) is 0 Å². The van der Waals surface area contributed by atoms with E-state index >= 15 is 0 Å². The summed E-state index contributed by atoms with van der Waals surface area (Å²) in [5.74, 6) is 0.159. The summed E-state index contributed by atoms with van der Waals surface area (Å²) in [4.78, 5) is 48.1. The number of carbonyl (C=O) groups excluding carboxylic acids is 2. The van der Waals surface area contributed by atoms with Crippen molar-refractivity contribution in [3.8, 4) is 5.69 Å². The molecule has 0 bridgehead atoms. The summed E-state index contributed by atoms with van der Waals surface area (Å²) < 4.78 is 1.68. The molecule has 0 saturated heterocycles. The Labute approximate surface area is 242 Å². The molecule has 0 spiro atoms. The first-order valence-electron chi connectivity index (χ1n) is 13.5. The summed E-state index contributed by atoms with van der Waals surface area (Å²) in [7, 11) is 1.61. The number of anilines is 1. The van der Waals surface area contributed by atoms with Crippen LogP contribution in [0.3, 0.4) is 0 Å². The highest BCUT2D eigenvalue weighted by Gasteiger charge is 2.26. The lowest BCUT2D eigenvalue weighted by molar-refractivity contribution is -0.131. The quantitative estimate of drug-likeness (QED) is 0.227. The van der Waals surface area contributed by atoms with Crippen LogP contribution in [0.15, 0.2) is 52.4 Å². The molecular formula is C31H34N4O3S2. The molecule has 0 fully saturated rings. The molecule has 1 aliphatic rings. The van der Waals surface area contributed by atoms with Gasteiger partial charge in [-0.15, -0.1) is 11.3 Å². The molecule has 0 aliphatic heterocycles. The number of thiophene rings is 1. The fraction of sp³-hybridized carbons (Fsp3) is 0.355. The van der Waals surface area contributed by atoms with Crippen LogP contribution in [0.1, 0.15) is 40.5 Å². The lowest BCUT2D eigenvalue weighted by Crippen LogP contribution is -2.36.